The highest BCUT2D eigenvalue weighted by molar-refractivity contribution is 6.01. The summed E-state index contributed by atoms with van der Waals surface area (Å²) >= 11 is 0. The predicted octanol–water partition coefficient (Wildman–Crippen LogP) is 5.50. The van der Waals surface area contributed by atoms with Gasteiger partial charge in [0.25, 0.3) is 0 Å². The number of alkyl halides is 3. The van der Waals surface area contributed by atoms with Gasteiger partial charge in [-0.2, -0.15) is 18.3 Å². The van der Waals surface area contributed by atoms with Gasteiger partial charge in [0.1, 0.15) is 0 Å². The Bertz CT molecular complexity index is 987. The molecule has 4 rings (SSSR count). The van der Waals surface area contributed by atoms with E-state index in [1.807, 2.05) is 52.0 Å². The van der Waals surface area contributed by atoms with Crippen molar-refractivity contribution < 1.29 is 18.0 Å². The van der Waals surface area contributed by atoms with Gasteiger partial charge in [-0.1, -0.05) is 50.6 Å². The van der Waals surface area contributed by atoms with E-state index in [1.165, 1.54) is 0 Å². The molecule has 1 aliphatic carbocycles. The molecule has 0 radical (unpaired) electrons. The van der Waals surface area contributed by atoms with E-state index in [9.17, 15) is 18.0 Å². The number of ketones is 1. The van der Waals surface area contributed by atoms with Crippen LogP contribution in [0.5, 0.6) is 0 Å². The number of benzene rings is 1. The van der Waals surface area contributed by atoms with E-state index >= 15 is 0 Å². The largest absolute Gasteiger partial charge is 0.435 e. The Morgan fingerprint density at radius 2 is 1.97 bits per heavy atom. The van der Waals surface area contributed by atoms with Gasteiger partial charge in [0.05, 0.1) is 5.41 Å². The number of fused-ring (bicyclic) bond motifs is 1. The van der Waals surface area contributed by atoms with E-state index in [1.54, 1.807) is 0 Å². The third-order valence-electron chi connectivity index (χ3n) is 6.18. The van der Waals surface area contributed by atoms with Crippen molar-refractivity contribution in [2.24, 2.45) is 15.6 Å². The van der Waals surface area contributed by atoms with Gasteiger partial charge in [-0.15, -0.1) is 5.11 Å². The summed E-state index contributed by atoms with van der Waals surface area (Å²) in [6.45, 7) is 7.73. The van der Waals surface area contributed by atoms with Crippen LogP contribution in [-0.2, 0) is 10.2 Å². The molecule has 4 nitrogen and oxygen atoms in total. The van der Waals surface area contributed by atoms with Crippen molar-refractivity contribution in [2.45, 2.75) is 64.7 Å². The molecule has 0 spiro atoms. The Labute approximate surface area is 168 Å². The molecular formula is C22H24F3N3O. The number of halogens is 3. The fourth-order valence-corrected chi connectivity index (χ4v) is 5.12. The lowest BCUT2D eigenvalue weighted by atomic mass is 9.58. The summed E-state index contributed by atoms with van der Waals surface area (Å²) < 4.78 is 41.7. The highest BCUT2D eigenvalue weighted by atomic mass is 19.4. The average molecular weight is 403 g/mol. The molecule has 3 aliphatic rings. The minimum atomic E-state index is -4.64. The molecule has 154 valence electrons. The van der Waals surface area contributed by atoms with E-state index in [2.05, 4.69) is 15.5 Å². The number of hydrogen-bond donors (Lipinski definition) is 1. The molecule has 2 heterocycles. The van der Waals surface area contributed by atoms with Crippen LogP contribution in [0.3, 0.4) is 0 Å². The molecule has 2 atom stereocenters. The smallest absolute Gasteiger partial charge is 0.362 e. The molecule has 2 aliphatic heterocycles. The number of rotatable bonds is 2. The van der Waals surface area contributed by atoms with Gasteiger partial charge >= 0.3 is 6.18 Å². The second-order valence-corrected chi connectivity index (χ2v) is 8.95. The fourth-order valence-electron chi connectivity index (χ4n) is 5.12. The van der Waals surface area contributed by atoms with Crippen molar-refractivity contribution in [3.8, 4) is 0 Å². The first-order chi connectivity index (χ1) is 13.5. The SMILES string of the molecule is CC[C@]1(c2cccc(C)c2)C2=C(CC(C)(C)CC2=O)NC2N=NC(C(F)(F)F)=C21. The van der Waals surface area contributed by atoms with Crippen molar-refractivity contribution in [1.29, 1.82) is 0 Å². The van der Waals surface area contributed by atoms with Gasteiger partial charge in [-0.25, -0.2) is 0 Å². The molecule has 1 aromatic rings. The molecular weight excluding hydrogens is 379 g/mol. The molecule has 0 amide bonds. The van der Waals surface area contributed by atoms with Gasteiger partial charge in [-0.05, 0) is 30.7 Å². The minimum Gasteiger partial charge on any atom is -0.362 e. The predicted molar refractivity (Wildman–Crippen MR) is 103 cm³/mol. The van der Waals surface area contributed by atoms with Crippen molar-refractivity contribution in [1.82, 2.24) is 5.32 Å². The quantitative estimate of drug-likeness (QED) is 0.709. The van der Waals surface area contributed by atoms with Crippen LogP contribution in [0.4, 0.5) is 13.2 Å². The Morgan fingerprint density at radius 1 is 1.24 bits per heavy atom. The van der Waals surface area contributed by atoms with Crippen molar-refractivity contribution in [3.05, 3.63) is 57.9 Å². The maximum Gasteiger partial charge on any atom is 0.435 e. The third kappa shape index (κ3) is 2.93. The fraction of sp³-hybridized carbons (Fsp3) is 0.500. The number of nitrogens with zero attached hydrogens (tertiary/aromatic N) is 2. The molecule has 7 heteroatoms. The van der Waals surface area contributed by atoms with Gasteiger partial charge < -0.3 is 5.32 Å². The Kier molecular flexibility index (Phi) is 4.30. The monoisotopic (exact) mass is 403 g/mol. The third-order valence-corrected chi connectivity index (χ3v) is 6.18. The summed E-state index contributed by atoms with van der Waals surface area (Å²) in [5.74, 6) is -0.105. The Balaban J connectivity index is 2.09. The van der Waals surface area contributed by atoms with Crippen LogP contribution < -0.4 is 5.32 Å². The van der Waals surface area contributed by atoms with Crippen LogP contribution in [0.15, 0.2) is 57.0 Å². The summed E-state index contributed by atoms with van der Waals surface area (Å²) in [5, 5.41) is 10.6. The Hall–Kier alpha value is -2.44. The summed E-state index contributed by atoms with van der Waals surface area (Å²) in [7, 11) is 0. The number of allylic oxidation sites excluding steroid dienone is 3. The van der Waals surface area contributed by atoms with E-state index in [4.69, 9.17) is 0 Å². The van der Waals surface area contributed by atoms with Gasteiger partial charge in [0, 0.05) is 23.3 Å². The molecule has 29 heavy (non-hydrogen) atoms. The summed E-state index contributed by atoms with van der Waals surface area (Å²) in [6.07, 6.45) is -4.35. The zero-order chi connectivity index (χ0) is 21.2. The van der Waals surface area contributed by atoms with Crippen LogP contribution in [0, 0.1) is 12.3 Å². The average Bonchev–Trinajstić information content (AvgIpc) is 3.03. The molecule has 0 saturated heterocycles. The summed E-state index contributed by atoms with van der Waals surface area (Å²) in [5.41, 5.74) is 0.370. The van der Waals surface area contributed by atoms with E-state index in [-0.39, 0.29) is 16.8 Å². The molecule has 1 unspecified atom stereocenters. The van der Waals surface area contributed by atoms with Crippen LogP contribution >= 0.6 is 0 Å². The second kappa shape index (κ2) is 6.28. The summed E-state index contributed by atoms with van der Waals surface area (Å²) in [6, 6.07) is 7.42. The van der Waals surface area contributed by atoms with Crippen LogP contribution in [0.25, 0.3) is 0 Å². The zero-order valence-corrected chi connectivity index (χ0v) is 16.9. The highest BCUT2D eigenvalue weighted by Gasteiger charge is 2.57. The lowest BCUT2D eigenvalue weighted by Gasteiger charge is -2.48. The number of carbonyl (C=O) groups is 1. The number of azo groups is 1. The normalized spacial score (nSPS) is 28.4. The van der Waals surface area contributed by atoms with Crippen LogP contribution in [0.2, 0.25) is 0 Å². The van der Waals surface area contributed by atoms with Gasteiger partial charge in [0.15, 0.2) is 17.6 Å². The molecule has 0 bridgehead atoms. The van der Waals surface area contributed by atoms with Crippen molar-refractivity contribution >= 4 is 5.78 Å². The van der Waals surface area contributed by atoms with E-state index in [0.717, 1.165) is 5.56 Å². The topological polar surface area (TPSA) is 53.8 Å². The number of carbonyl (C=O) groups excluding carboxylic acids is 1. The molecule has 0 aromatic heterocycles. The minimum absolute atomic E-state index is 0.0462. The van der Waals surface area contributed by atoms with Crippen molar-refractivity contribution in [2.75, 3.05) is 0 Å². The first-order valence-corrected chi connectivity index (χ1v) is 9.83. The van der Waals surface area contributed by atoms with E-state index < -0.39 is 23.5 Å². The van der Waals surface area contributed by atoms with Gasteiger partial charge in [-0.3, -0.25) is 4.79 Å². The van der Waals surface area contributed by atoms with Gasteiger partial charge in [0.2, 0.25) is 0 Å². The van der Waals surface area contributed by atoms with E-state index in [0.29, 0.717) is 36.1 Å². The zero-order valence-electron chi connectivity index (χ0n) is 16.9. The maximum atomic E-state index is 13.9. The number of nitrogens with one attached hydrogen (secondary N) is 1. The highest BCUT2D eigenvalue weighted by Crippen LogP contribution is 2.56. The maximum absolute atomic E-state index is 13.9. The summed E-state index contributed by atoms with van der Waals surface area (Å²) in [4.78, 5) is 13.4. The Morgan fingerprint density at radius 3 is 2.59 bits per heavy atom. The first-order valence-electron chi connectivity index (χ1n) is 9.83. The standard InChI is InChI=1S/C22H24F3N3O/c1-5-21(13-8-6-7-12(2)9-13)16-14(10-20(3,4)11-15(16)29)26-19-17(21)18(27-28-19)22(23,24)25/h6-9,19,26H,5,10-11H2,1-4H3/t19?,21-/m0/s1. The first kappa shape index (κ1) is 19.9. The second-order valence-electron chi connectivity index (χ2n) is 8.95. The lowest BCUT2D eigenvalue weighted by Crippen LogP contribution is -2.52. The van der Waals surface area contributed by atoms with Crippen molar-refractivity contribution in [3.63, 3.8) is 0 Å². The molecule has 0 fully saturated rings. The van der Waals surface area contributed by atoms with Crippen LogP contribution in [0.1, 0.15) is 51.2 Å². The number of hydrogen-bond acceptors (Lipinski definition) is 4. The molecule has 0 saturated carbocycles. The van der Waals surface area contributed by atoms with Crippen LogP contribution in [-0.4, -0.2) is 18.1 Å². The lowest BCUT2D eigenvalue weighted by molar-refractivity contribution is -0.119. The molecule has 1 N–H and O–H groups in total. The number of Topliss-reactive ketones (excluding diaryl/α,β-unsaturated/α-hetero) is 1. The molecule has 1 aromatic carbocycles. The number of aryl methyl sites for hydroxylation is 1.